The van der Waals surface area contributed by atoms with Gasteiger partial charge in [0.25, 0.3) is 0 Å². The number of hydrogen-bond donors (Lipinski definition) is 3. The molecule has 0 bridgehead atoms. The van der Waals surface area contributed by atoms with Gasteiger partial charge < -0.3 is 15.7 Å². The van der Waals surface area contributed by atoms with Gasteiger partial charge >= 0.3 is 6.03 Å². The minimum absolute atomic E-state index is 0.165. The first-order chi connectivity index (χ1) is 8.09. The highest BCUT2D eigenvalue weighted by Gasteiger charge is 2.31. The third-order valence-electron chi connectivity index (χ3n) is 3.37. The number of urea groups is 1. The van der Waals surface area contributed by atoms with E-state index in [0.29, 0.717) is 19.0 Å². The van der Waals surface area contributed by atoms with Gasteiger partial charge in [-0.1, -0.05) is 26.7 Å². The highest BCUT2D eigenvalue weighted by atomic mass is 32.2. The van der Waals surface area contributed by atoms with E-state index in [0.717, 1.165) is 30.8 Å². The highest BCUT2D eigenvalue weighted by molar-refractivity contribution is 7.99. The fraction of sp³-hybridized carbons (Fsp3) is 0.917. The number of hydrogen-bond acceptors (Lipinski definition) is 3. The predicted molar refractivity (Wildman–Crippen MR) is 72.4 cm³/mol. The van der Waals surface area contributed by atoms with Crippen LogP contribution in [0.1, 0.15) is 33.1 Å². The van der Waals surface area contributed by atoms with Crippen LogP contribution < -0.4 is 10.6 Å². The molecule has 1 saturated heterocycles. The van der Waals surface area contributed by atoms with Crippen LogP contribution in [0.3, 0.4) is 0 Å². The topological polar surface area (TPSA) is 61.4 Å². The Hall–Kier alpha value is -0.420. The van der Waals surface area contributed by atoms with E-state index in [1.165, 1.54) is 0 Å². The zero-order valence-corrected chi connectivity index (χ0v) is 11.6. The third-order valence-corrected chi connectivity index (χ3v) is 4.60. The number of amides is 2. The van der Waals surface area contributed by atoms with Crippen molar-refractivity contribution < 1.29 is 9.90 Å². The van der Waals surface area contributed by atoms with E-state index in [2.05, 4.69) is 24.5 Å². The smallest absolute Gasteiger partial charge is 0.314 e. The summed E-state index contributed by atoms with van der Waals surface area (Å²) in [4.78, 5) is 11.5. The molecular formula is C12H24N2O2S. The first-order valence-corrected chi connectivity index (χ1v) is 7.57. The third kappa shape index (κ3) is 5.17. The van der Waals surface area contributed by atoms with Crippen LogP contribution >= 0.6 is 11.8 Å². The Labute approximate surface area is 108 Å². The number of thioether (sulfide) groups is 1. The molecule has 1 rings (SSSR count). The molecule has 0 saturated carbocycles. The molecule has 17 heavy (non-hydrogen) atoms. The summed E-state index contributed by atoms with van der Waals surface area (Å²) in [6.45, 7) is 5.33. The number of nitrogens with one attached hydrogen (secondary N) is 2. The number of carbonyl (C=O) groups is 1. The molecule has 1 aliphatic rings. The molecule has 1 fully saturated rings. The Kier molecular flexibility index (Phi) is 6.12. The van der Waals surface area contributed by atoms with Crippen molar-refractivity contribution in [2.24, 2.45) is 5.92 Å². The summed E-state index contributed by atoms with van der Waals surface area (Å²) in [7, 11) is 0. The lowest BCUT2D eigenvalue weighted by Gasteiger charge is -2.22. The Bertz CT molecular complexity index is 239. The Morgan fingerprint density at radius 1 is 1.41 bits per heavy atom. The first-order valence-electron chi connectivity index (χ1n) is 6.41. The minimum Gasteiger partial charge on any atom is -0.387 e. The van der Waals surface area contributed by atoms with Gasteiger partial charge in [-0.25, -0.2) is 4.79 Å². The van der Waals surface area contributed by atoms with Crippen molar-refractivity contribution in [2.75, 3.05) is 24.6 Å². The zero-order chi connectivity index (χ0) is 12.7. The first kappa shape index (κ1) is 14.6. The summed E-state index contributed by atoms with van der Waals surface area (Å²) >= 11 is 1.74. The van der Waals surface area contributed by atoms with E-state index >= 15 is 0 Å². The van der Waals surface area contributed by atoms with Crippen LogP contribution in [0.2, 0.25) is 0 Å². The summed E-state index contributed by atoms with van der Waals surface area (Å²) in [6, 6.07) is -0.165. The standard InChI is InChI=1S/C12H24N2O2S/c1-3-10(4-2)7-13-11(15)14-8-12(16)5-6-17-9-12/h10,16H,3-9H2,1-2H3,(H2,13,14,15). The molecule has 0 aromatic carbocycles. The van der Waals surface area contributed by atoms with Crippen molar-refractivity contribution in [1.82, 2.24) is 10.6 Å². The van der Waals surface area contributed by atoms with E-state index in [9.17, 15) is 9.90 Å². The molecule has 3 N–H and O–H groups in total. The van der Waals surface area contributed by atoms with Crippen molar-refractivity contribution in [1.29, 1.82) is 0 Å². The van der Waals surface area contributed by atoms with E-state index in [1.54, 1.807) is 11.8 Å². The number of carbonyl (C=O) groups excluding carboxylic acids is 1. The fourth-order valence-electron chi connectivity index (χ4n) is 1.86. The normalized spacial score (nSPS) is 24.0. The maximum atomic E-state index is 11.5. The van der Waals surface area contributed by atoms with Crippen molar-refractivity contribution in [3.05, 3.63) is 0 Å². The highest BCUT2D eigenvalue weighted by Crippen LogP contribution is 2.26. The summed E-state index contributed by atoms with van der Waals surface area (Å²) in [5, 5.41) is 15.7. The van der Waals surface area contributed by atoms with Crippen molar-refractivity contribution in [2.45, 2.75) is 38.7 Å². The Morgan fingerprint density at radius 2 is 2.12 bits per heavy atom. The lowest BCUT2D eigenvalue weighted by Crippen LogP contribution is -2.47. The number of rotatable bonds is 6. The van der Waals surface area contributed by atoms with Crippen LogP contribution in [0.25, 0.3) is 0 Å². The molecule has 0 aromatic rings. The summed E-state index contributed by atoms with van der Waals surface area (Å²) in [5.41, 5.74) is -0.697. The average molecular weight is 260 g/mol. The van der Waals surface area contributed by atoms with Gasteiger partial charge in [0, 0.05) is 18.8 Å². The minimum atomic E-state index is -0.697. The van der Waals surface area contributed by atoms with Crippen LogP contribution in [0.5, 0.6) is 0 Å². The maximum Gasteiger partial charge on any atom is 0.314 e. The van der Waals surface area contributed by atoms with E-state index in [1.807, 2.05) is 0 Å². The molecule has 1 unspecified atom stereocenters. The van der Waals surface area contributed by atoms with Gasteiger partial charge in [0.15, 0.2) is 0 Å². The van der Waals surface area contributed by atoms with E-state index in [4.69, 9.17) is 0 Å². The molecule has 2 amide bonds. The second kappa shape index (κ2) is 7.11. The van der Waals surface area contributed by atoms with Gasteiger partial charge in [-0.15, -0.1) is 0 Å². The predicted octanol–water partition coefficient (Wildman–Crippen LogP) is 1.59. The molecule has 4 nitrogen and oxygen atoms in total. The van der Waals surface area contributed by atoms with Crippen molar-refractivity contribution in [3.63, 3.8) is 0 Å². The van der Waals surface area contributed by atoms with Gasteiger partial charge in [0.2, 0.25) is 0 Å². The molecule has 5 heteroatoms. The molecule has 1 aliphatic heterocycles. The lowest BCUT2D eigenvalue weighted by molar-refractivity contribution is 0.0699. The maximum absolute atomic E-state index is 11.5. The monoisotopic (exact) mass is 260 g/mol. The second-order valence-electron chi connectivity index (χ2n) is 4.77. The fourth-order valence-corrected chi connectivity index (χ4v) is 3.15. The molecule has 0 spiro atoms. The SMILES string of the molecule is CCC(CC)CNC(=O)NCC1(O)CCSC1. The largest absolute Gasteiger partial charge is 0.387 e. The van der Waals surface area contributed by atoms with Crippen LogP contribution in [0.4, 0.5) is 4.79 Å². The summed E-state index contributed by atoms with van der Waals surface area (Å²) in [5.74, 6) is 2.25. The second-order valence-corrected chi connectivity index (χ2v) is 5.88. The van der Waals surface area contributed by atoms with Crippen LogP contribution in [0, 0.1) is 5.92 Å². The Morgan fingerprint density at radius 3 is 2.65 bits per heavy atom. The molecule has 1 heterocycles. The quantitative estimate of drug-likeness (QED) is 0.679. The van der Waals surface area contributed by atoms with Crippen molar-refractivity contribution >= 4 is 17.8 Å². The summed E-state index contributed by atoms with van der Waals surface area (Å²) < 4.78 is 0. The molecule has 0 aliphatic carbocycles. The zero-order valence-electron chi connectivity index (χ0n) is 10.8. The molecule has 0 radical (unpaired) electrons. The molecule has 100 valence electrons. The lowest BCUT2D eigenvalue weighted by atomic mass is 10.0. The molecule has 1 atom stereocenters. The van der Waals surface area contributed by atoms with Gasteiger partial charge in [0.05, 0.1) is 5.60 Å². The van der Waals surface area contributed by atoms with Crippen LogP contribution in [-0.2, 0) is 0 Å². The van der Waals surface area contributed by atoms with Gasteiger partial charge in [-0.3, -0.25) is 0 Å². The van der Waals surface area contributed by atoms with Crippen molar-refractivity contribution in [3.8, 4) is 0 Å². The summed E-state index contributed by atoms with van der Waals surface area (Å²) in [6.07, 6.45) is 2.93. The van der Waals surface area contributed by atoms with E-state index in [-0.39, 0.29) is 6.03 Å². The average Bonchev–Trinajstić information content (AvgIpc) is 2.75. The number of aliphatic hydroxyl groups is 1. The molecule has 0 aromatic heterocycles. The van der Waals surface area contributed by atoms with Crippen LogP contribution in [-0.4, -0.2) is 41.3 Å². The van der Waals surface area contributed by atoms with Gasteiger partial charge in [-0.05, 0) is 18.1 Å². The van der Waals surface area contributed by atoms with Crippen LogP contribution in [0.15, 0.2) is 0 Å². The van der Waals surface area contributed by atoms with E-state index < -0.39 is 5.60 Å². The van der Waals surface area contributed by atoms with Gasteiger partial charge in [-0.2, -0.15) is 11.8 Å². The molecular weight excluding hydrogens is 236 g/mol. The Balaban J connectivity index is 2.16. The van der Waals surface area contributed by atoms with Gasteiger partial charge in [0.1, 0.15) is 0 Å².